The van der Waals surface area contributed by atoms with Crippen molar-refractivity contribution in [2.24, 2.45) is 0 Å². The second-order valence-electron chi connectivity index (χ2n) is 3.60. The van der Waals surface area contributed by atoms with E-state index in [9.17, 15) is 0 Å². The first-order chi connectivity index (χ1) is 7.81. The SMILES string of the molecule is CNC(Cc1cccs1)c1cccnc1N. The topological polar surface area (TPSA) is 50.9 Å². The molecule has 0 amide bonds. The lowest BCUT2D eigenvalue weighted by Gasteiger charge is -2.16. The molecular formula is C12H15N3S. The summed E-state index contributed by atoms with van der Waals surface area (Å²) in [5.41, 5.74) is 6.95. The molecule has 0 spiro atoms. The van der Waals surface area contributed by atoms with Gasteiger partial charge >= 0.3 is 0 Å². The summed E-state index contributed by atoms with van der Waals surface area (Å²) in [4.78, 5) is 5.47. The van der Waals surface area contributed by atoms with Gasteiger partial charge in [0.1, 0.15) is 5.82 Å². The summed E-state index contributed by atoms with van der Waals surface area (Å²) in [6.07, 6.45) is 2.67. The van der Waals surface area contributed by atoms with Gasteiger partial charge in [0.2, 0.25) is 0 Å². The van der Waals surface area contributed by atoms with Crippen molar-refractivity contribution in [2.45, 2.75) is 12.5 Å². The van der Waals surface area contributed by atoms with Gasteiger partial charge in [-0.2, -0.15) is 0 Å². The fourth-order valence-corrected chi connectivity index (χ4v) is 2.47. The standard InChI is InChI=1S/C12H15N3S/c1-14-11(8-9-4-3-7-16-9)10-5-2-6-15-12(10)13/h2-7,11,14H,8H2,1H3,(H2,13,15). The lowest BCUT2D eigenvalue weighted by atomic mass is 10.0. The van der Waals surface area contributed by atoms with Gasteiger partial charge in [0.15, 0.2) is 0 Å². The number of nitrogens with zero attached hydrogens (tertiary/aromatic N) is 1. The Hall–Kier alpha value is -1.39. The van der Waals surface area contributed by atoms with Gasteiger partial charge in [-0.1, -0.05) is 12.1 Å². The van der Waals surface area contributed by atoms with E-state index in [1.54, 1.807) is 17.5 Å². The molecule has 1 atom stereocenters. The lowest BCUT2D eigenvalue weighted by Crippen LogP contribution is -2.20. The summed E-state index contributed by atoms with van der Waals surface area (Å²) < 4.78 is 0. The van der Waals surface area contributed by atoms with Crippen LogP contribution in [0.4, 0.5) is 5.82 Å². The van der Waals surface area contributed by atoms with Crippen molar-refractivity contribution in [2.75, 3.05) is 12.8 Å². The van der Waals surface area contributed by atoms with Crippen molar-refractivity contribution in [3.05, 3.63) is 46.3 Å². The number of hydrogen-bond donors (Lipinski definition) is 2. The zero-order chi connectivity index (χ0) is 11.4. The molecule has 2 rings (SSSR count). The van der Waals surface area contributed by atoms with Crippen molar-refractivity contribution in [3.8, 4) is 0 Å². The van der Waals surface area contributed by atoms with Crippen LogP contribution in [0.2, 0.25) is 0 Å². The van der Waals surface area contributed by atoms with Crippen LogP contribution in [-0.2, 0) is 6.42 Å². The Morgan fingerprint density at radius 2 is 2.31 bits per heavy atom. The number of nitrogens with one attached hydrogen (secondary N) is 1. The highest BCUT2D eigenvalue weighted by Crippen LogP contribution is 2.23. The number of nitrogen functional groups attached to an aromatic ring is 1. The molecular weight excluding hydrogens is 218 g/mol. The Balaban J connectivity index is 2.20. The molecule has 0 fully saturated rings. The summed E-state index contributed by atoms with van der Waals surface area (Å²) in [6.45, 7) is 0. The number of thiophene rings is 1. The van der Waals surface area contributed by atoms with E-state index in [-0.39, 0.29) is 6.04 Å². The molecule has 3 nitrogen and oxygen atoms in total. The quantitative estimate of drug-likeness (QED) is 0.851. The molecule has 0 aliphatic rings. The molecule has 2 heterocycles. The number of hydrogen-bond acceptors (Lipinski definition) is 4. The minimum Gasteiger partial charge on any atom is -0.383 e. The van der Waals surface area contributed by atoms with Gasteiger partial charge in [-0.05, 0) is 24.6 Å². The number of aromatic nitrogens is 1. The second-order valence-corrected chi connectivity index (χ2v) is 4.63. The fourth-order valence-electron chi connectivity index (χ4n) is 1.72. The molecule has 0 aliphatic heterocycles. The Labute approximate surface area is 99.3 Å². The molecule has 1 unspecified atom stereocenters. The number of rotatable bonds is 4. The van der Waals surface area contributed by atoms with Gasteiger partial charge in [-0.25, -0.2) is 4.98 Å². The van der Waals surface area contributed by atoms with Crippen LogP contribution >= 0.6 is 11.3 Å². The van der Waals surface area contributed by atoms with E-state index in [4.69, 9.17) is 5.73 Å². The van der Waals surface area contributed by atoms with Crippen LogP contribution in [0.5, 0.6) is 0 Å². The van der Waals surface area contributed by atoms with Crippen LogP contribution in [0.25, 0.3) is 0 Å². The van der Waals surface area contributed by atoms with Gasteiger partial charge < -0.3 is 11.1 Å². The van der Waals surface area contributed by atoms with Gasteiger partial charge in [-0.15, -0.1) is 11.3 Å². The smallest absolute Gasteiger partial charge is 0.128 e. The summed E-state index contributed by atoms with van der Waals surface area (Å²) >= 11 is 1.77. The minimum atomic E-state index is 0.229. The van der Waals surface area contributed by atoms with Crippen molar-refractivity contribution in [1.82, 2.24) is 10.3 Å². The maximum Gasteiger partial charge on any atom is 0.128 e. The third-order valence-electron chi connectivity index (χ3n) is 2.58. The third-order valence-corrected chi connectivity index (χ3v) is 3.48. The summed E-state index contributed by atoms with van der Waals surface area (Å²) in [5, 5.41) is 5.38. The minimum absolute atomic E-state index is 0.229. The second kappa shape index (κ2) is 5.09. The highest BCUT2D eigenvalue weighted by atomic mass is 32.1. The molecule has 0 saturated heterocycles. The number of anilines is 1. The van der Waals surface area contributed by atoms with Crippen LogP contribution in [0.1, 0.15) is 16.5 Å². The average Bonchev–Trinajstić information content (AvgIpc) is 2.80. The van der Waals surface area contributed by atoms with E-state index in [2.05, 4.69) is 27.8 Å². The lowest BCUT2D eigenvalue weighted by molar-refractivity contribution is 0.596. The molecule has 0 saturated carbocycles. The molecule has 0 aliphatic carbocycles. The molecule has 16 heavy (non-hydrogen) atoms. The first-order valence-corrected chi connectivity index (χ1v) is 6.09. The van der Waals surface area contributed by atoms with E-state index in [1.807, 2.05) is 19.2 Å². The van der Waals surface area contributed by atoms with Crippen LogP contribution in [0.15, 0.2) is 35.8 Å². The highest BCUT2D eigenvalue weighted by molar-refractivity contribution is 7.09. The molecule has 84 valence electrons. The third kappa shape index (κ3) is 2.40. The van der Waals surface area contributed by atoms with Crippen molar-refractivity contribution in [3.63, 3.8) is 0 Å². The van der Waals surface area contributed by atoms with Crippen LogP contribution in [0, 0.1) is 0 Å². The van der Waals surface area contributed by atoms with Gasteiger partial charge in [0, 0.05) is 29.1 Å². The molecule has 4 heteroatoms. The Bertz CT molecular complexity index is 439. The van der Waals surface area contributed by atoms with Crippen LogP contribution < -0.4 is 11.1 Å². The average molecular weight is 233 g/mol. The number of nitrogens with two attached hydrogens (primary N) is 1. The normalized spacial score (nSPS) is 12.6. The van der Waals surface area contributed by atoms with Gasteiger partial charge in [0.05, 0.1) is 0 Å². The predicted octanol–water partition coefficient (Wildman–Crippen LogP) is 2.23. The van der Waals surface area contributed by atoms with Gasteiger partial charge in [-0.3, -0.25) is 0 Å². The molecule has 0 radical (unpaired) electrons. The van der Waals surface area contributed by atoms with Gasteiger partial charge in [0.25, 0.3) is 0 Å². The predicted molar refractivity (Wildman–Crippen MR) is 68.5 cm³/mol. The Morgan fingerprint density at radius 1 is 1.44 bits per heavy atom. The van der Waals surface area contributed by atoms with Crippen molar-refractivity contribution in [1.29, 1.82) is 0 Å². The molecule has 2 aromatic rings. The zero-order valence-corrected chi connectivity index (χ0v) is 10.00. The molecule has 3 N–H and O–H groups in total. The maximum atomic E-state index is 5.88. The fraction of sp³-hybridized carbons (Fsp3) is 0.250. The van der Waals surface area contributed by atoms with E-state index >= 15 is 0 Å². The monoisotopic (exact) mass is 233 g/mol. The van der Waals surface area contributed by atoms with Crippen molar-refractivity contribution < 1.29 is 0 Å². The van der Waals surface area contributed by atoms with E-state index in [0.717, 1.165) is 12.0 Å². The first kappa shape index (κ1) is 11.1. The molecule has 0 aromatic carbocycles. The largest absolute Gasteiger partial charge is 0.383 e. The van der Waals surface area contributed by atoms with Crippen LogP contribution in [0.3, 0.4) is 0 Å². The Kier molecular flexibility index (Phi) is 3.54. The molecule has 0 bridgehead atoms. The maximum absolute atomic E-state index is 5.88. The summed E-state index contributed by atoms with van der Waals surface area (Å²) in [7, 11) is 1.95. The first-order valence-electron chi connectivity index (χ1n) is 5.21. The van der Waals surface area contributed by atoms with E-state index in [0.29, 0.717) is 5.82 Å². The van der Waals surface area contributed by atoms with Crippen LogP contribution in [-0.4, -0.2) is 12.0 Å². The number of likely N-dealkylation sites (N-methyl/N-ethyl adjacent to an activating group) is 1. The Morgan fingerprint density at radius 3 is 2.94 bits per heavy atom. The van der Waals surface area contributed by atoms with E-state index < -0.39 is 0 Å². The summed E-state index contributed by atoms with van der Waals surface area (Å²) in [6, 6.07) is 8.38. The summed E-state index contributed by atoms with van der Waals surface area (Å²) in [5.74, 6) is 0.610. The number of pyridine rings is 1. The van der Waals surface area contributed by atoms with E-state index in [1.165, 1.54) is 4.88 Å². The van der Waals surface area contributed by atoms with Crippen molar-refractivity contribution >= 4 is 17.2 Å². The molecule has 2 aromatic heterocycles. The zero-order valence-electron chi connectivity index (χ0n) is 9.18. The highest BCUT2D eigenvalue weighted by Gasteiger charge is 2.13.